The number of pyridine rings is 1. The van der Waals surface area contributed by atoms with Crippen LogP contribution in [0, 0.1) is 0 Å². The second kappa shape index (κ2) is 7.05. The topological polar surface area (TPSA) is 59.5 Å². The van der Waals surface area contributed by atoms with Crippen molar-refractivity contribution in [2.75, 3.05) is 11.4 Å². The number of aryl methyl sites for hydroxylation is 1. The van der Waals surface area contributed by atoms with Gasteiger partial charge in [-0.05, 0) is 48.7 Å². The van der Waals surface area contributed by atoms with E-state index in [9.17, 15) is 9.59 Å². The van der Waals surface area contributed by atoms with Crippen LogP contribution in [0.15, 0.2) is 48.8 Å². The maximum Gasteiger partial charge on any atom is 0.311 e. The maximum absolute atomic E-state index is 11.9. The Morgan fingerprint density at radius 3 is 2.70 bits per heavy atom. The number of aromatic nitrogens is 1. The molecule has 1 amide bonds. The standard InChI is InChI=1S/C18H18N2O3/c21-17-4-2-12-20(17)15-6-8-16(9-7-15)23-18(22)10-5-14-3-1-11-19-13-14/h1,3,6-9,11,13H,2,4-5,10,12H2. The fraction of sp³-hybridized carbons (Fsp3) is 0.278. The first-order valence-corrected chi connectivity index (χ1v) is 7.72. The van der Waals surface area contributed by atoms with Crippen molar-refractivity contribution in [3.63, 3.8) is 0 Å². The lowest BCUT2D eigenvalue weighted by Gasteiger charge is -2.15. The molecule has 1 saturated heterocycles. The fourth-order valence-corrected chi connectivity index (χ4v) is 2.59. The van der Waals surface area contributed by atoms with E-state index in [-0.39, 0.29) is 11.9 Å². The van der Waals surface area contributed by atoms with E-state index in [4.69, 9.17) is 4.74 Å². The monoisotopic (exact) mass is 310 g/mol. The van der Waals surface area contributed by atoms with E-state index in [1.165, 1.54) is 0 Å². The third kappa shape index (κ3) is 3.94. The van der Waals surface area contributed by atoms with E-state index in [0.29, 0.717) is 25.0 Å². The summed E-state index contributed by atoms with van der Waals surface area (Å²) in [6.07, 6.45) is 5.85. The lowest BCUT2D eigenvalue weighted by Crippen LogP contribution is -2.23. The minimum atomic E-state index is -0.279. The van der Waals surface area contributed by atoms with Crippen LogP contribution in [-0.2, 0) is 16.0 Å². The number of rotatable bonds is 5. The molecule has 0 N–H and O–H groups in total. The number of esters is 1. The second-order valence-corrected chi connectivity index (χ2v) is 5.48. The van der Waals surface area contributed by atoms with Gasteiger partial charge in [-0.2, -0.15) is 0 Å². The van der Waals surface area contributed by atoms with Crippen LogP contribution in [0.2, 0.25) is 0 Å². The largest absolute Gasteiger partial charge is 0.427 e. The molecule has 1 aromatic carbocycles. The average Bonchev–Trinajstić information content (AvgIpc) is 3.01. The number of hydrogen-bond donors (Lipinski definition) is 0. The Balaban J connectivity index is 1.53. The van der Waals surface area contributed by atoms with Gasteiger partial charge < -0.3 is 9.64 Å². The summed E-state index contributed by atoms with van der Waals surface area (Å²) >= 11 is 0. The average molecular weight is 310 g/mol. The van der Waals surface area contributed by atoms with Crippen LogP contribution in [0.4, 0.5) is 5.69 Å². The molecule has 5 heteroatoms. The van der Waals surface area contributed by atoms with Crippen LogP contribution in [0.3, 0.4) is 0 Å². The van der Waals surface area contributed by atoms with Gasteiger partial charge >= 0.3 is 5.97 Å². The number of nitrogens with zero attached hydrogens (tertiary/aromatic N) is 2. The lowest BCUT2D eigenvalue weighted by atomic mass is 10.2. The summed E-state index contributed by atoms with van der Waals surface area (Å²) in [6, 6.07) is 10.9. The number of carbonyl (C=O) groups is 2. The Kier molecular flexibility index (Phi) is 4.66. The lowest BCUT2D eigenvalue weighted by molar-refractivity contribution is -0.134. The van der Waals surface area contributed by atoms with Crippen LogP contribution < -0.4 is 9.64 Å². The first-order chi connectivity index (χ1) is 11.2. The summed E-state index contributed by atoms with van der Waals surface area (Å²) in [4.78, 5) is 29.3. The maximum atomic E-state index is 11.9. The van der Waals surface area contributed by atoms with Crippen molar-refractivity contribution in [2.45, 2.75) is 25.7 Å². The fourth-order valence-electron chi connectivity index (χ4n) is 2.59. The van der Waals surface area contributed by atoms with Crippen molar-refractivity contribution in [3.8, 4) is 5.75 Å². The quantitative estimate of drug-likeness (QED) is 0.629. The number of ether oxygens (including phenoxy) is 1. The van der Waals surface area contributed by atoms with Crippen LogP contribution in [-0.4, -0.2) is 23.4 Å². The minimum absolute atomic E-state index is 0.145. The van der Waals surface area contributed by atoms with Crippen molar-refractivity contribution in [1.82, 2.24) is 4.98 Å². The van der Waals surface area contributed by atoms with Gasteiger partial charge in [0, 0.05) is 31.0 Å². The van der Waals surface area contributed by atoms with Crippen molar-refractivity contribution < 1.29 is 14.3 Å². The molecule has 2 heterocycles. The van der Waals surface area contributed by atoms with E-state index in [2.05, 4.69) is 4.98 Å². The highest BCUT2D eigenvalue weighted by atomic mass is 16.5. The molecule has 0 radical (unpaired) electrons. The van der Waals surface area contributed by atoms with Crippen molar-refractivity contribution in [2.24, 2.45) is 0 Å². The van der Waals surface area contributed by atoms with E-state index in [1.54, 1.807) is 29.4 Å². The molecule has 1 aliphatic heterocycles. The molecule has 0 spiro atoms. The van der Waals surface area contributed by atoms with Gasteiger partial charge in [-0.1, -0.05) is 6.07 Å². The molecular formula is C18H18N2O3. The van der Waals surface area contributed by atoms with E-state index < -0.39 is 0 Å². The smallest absolute Gasteiger partial charge is 0.311 e. The van der Waals surface area contributed by atoms with Gasteiger partial charge in [0.05, 0.1) is 6.42 Å². The molecule has 0 unspecified atom stereocenters. The third-order valence-electron chi connectivity index (χ3n) is 3.79. The normalized spacial score (nSPS) is 14.1. The summed E-state index contributed by atoms with van der Waals surface area (Å²) in [5.41, 5.74) is 1.86. The Morgan fingerprint density at radius 2 is 2.04 bits per heavy atom. The second-order valence-electron chi connectivity index (χ2n) is 5.48. The van der Waals surface area contributed by atoms with Crippen molar-refractivity contribution in [3.05, 3.63) is 54.4 Å². The minimum Gasteiger partial charge on any atom is -0.427 e. The summed E-state index contributed by atoms with van der Waals surface area (Å²) in [7, 11) is 0. The first-order valence-electron chi connectivity index (χ1n) is 7.72. The van der Waals surface area contributed by atoms with E-state index in [1.807, 2.05) is 24.3 Å². The Morgan fingerprint density at radius 1 is 1.22 bits per heavy atom. The van der Waals surface area contributed by atoms with Crippen LogP contribution in [0.25, 0.3) is 0 Å². The summed E-state index contributed by atoms with van der Waals surface area (Å²) < 4.78 is 5.32. The van der Waals surface area contributed by atoms with Crippen LogP contribution >= 0.6 is 0 Å². The van der Waals surface area contributed by atoms with Gasteiger partial charge in [-0.3, -0.25) is 14.6 Å². The highest BCUT2D eigenvalue weighted by Gasteiger charge is 2.21. The van der Waals surface area contributed by atoms with Crippen molar-refractivity contribution >= 4 is 17.6 Å². The number of hydrogen-bond acceptors (Lipinski definition) is 4. The van der Waals surface area contributed by atoms with Gasteiger partial charge in [0.1, 0.15) is 5.75 Å². The Bertz CT molecular complexity index is 683. The van der Waals surface area contributed by atoms with E-state index >= 15 is 0 Å². The highest BCUT2D eigenvalue weighted by molar-refractivity contribution is 5.95. The van der Waals surface area contributed by atoms with E-state index in [0.717, 1.165) is 24.2 Å². The third-order valence-corrected chi connectivity index (χ3v) is 3.79. The van der Waals surface area contributed by atoms with Gasteiger partial charge in [0.15, 0.2) is 0 Å². The van der Waals surface area contributed by atoms with Gasteiger partial charge in [-0.25, -0.2) is 0 Å². The predicted molar refractivity (Wildman–Crippen MR) is 86.2 cm³/mol. The molecule has 5 nitrogen and oxygen atoms in total. The molecule has 1 aliphatic rings. The molecular weight excluding hydrogens is 292 g/mol. The molecule has 2 aromatic rings. The Hall–Kier alpha value is -2.69. The van der Waals surface area contributed by atoms with Crippen LogP contribution in [0.1, 0.15) is 24.8 Å². The summed E-state index contributed by atoms with van der Waals surface area (Å²) in [5, 5.41) is 0. The molecule has 0 atom stereocenters. The zero-order valence-electron chi connectivity index (χ0n) is 12.8. The number of amides is 1. The van der Waals surface area contributed by atoms with Gasteiger partial charge in [0.25, 0.3) is 0 Å². The van der Waals surface area contributed by atoms with Crippen LogP contribution in [0.5, 0.6) is 5.75 Å². The zero-order valence-corrected chi connectivity index (χ0v) is 12.8. The predicted octanol–water partition coefficient (Wildman–Crippen LogP) is 2.75. The number of carbonyl (C=O) groups excluding carboxylic acids is 2. The molecule has 0 bridgehead atoms. The molecule has 118 valence electrons. The number of anilines is 1. The molecule has 0 aliphatic carbocycles. The summed E-state index contributed by atoms with van der Waals surface area (Å²) in [5.74, 6) is 0.363. The van der Waals surface area contributed by atoms with Gasteiger partial charge in [0.2, 0.25) is 5.91 Å². The SMILES string of the molecule is O=C(CCc1cccnc1)Oc1ccc(N2CCCC2=O)cc1. The number of benzene rings is 1. The highest BCUT2D eigenvalue weighted by Crippen LogP contribution is 2.24. The molecule has 1 aromatic heterocycles. The van der Waals surface area contributed by atoms with Gasteiger partial charge in [-0.15, -0.1) is 0 Å². The first kappa shape index (κ1) is 15.2. The molecule has 3 rings (SSSR count). The molecule has 0 saturated carbocycles. The Labute approximate surface area is 134 Å². The molecule has 23 heavy (non-hydrogen) atoms. The zero-order chi connectivity index (χ0) is 16.1. The summed E-state index contributed by atoms with van der Waals surface area (Å²) in [6.45, 7) is 0.753. The molecule has 1 fully saturated rings. The van der Waals surface area contributed by atoms with Crippen molar-refractivity contribution in [1.29, 1.82) is 0 Å².